The lowest BCUT2D eigenvalue weighted by Crippen LogP contribution is -1.99. The second-order valence-corrected chi connectivity index (χ2v) is 2.59. The van der Waals surface area contributed by atoms with Gasteiger partial charge in [0.2, 0.25) is 0 Å². The molecule has 0 aromatic heterocycles. The molecule has 0 fully saturated rings. The lowest BCUT2D eigenvalue weighted by Gasteiger charge is -2.03. The van der Waals surface area contributed by atoms with E-state index in [1.165, 1.54) is 6.92 Å². The van der Waals surface area contributed by atoms with E-state index in [0.29, 0.717) is 0 Å². The highest BCUT2D eigenvalue weighted by molar-refractivity contribution is 5.44. The van der Waals surface area contributed by atoms with Crippen molar-refractivity contribution in [2.45, 2.75) is 13.5 Å². The standard InChI is InChI=1S/C8H8FNO3/c1-5-6(4-11)7(9)2-3-8(5)10(12)13/h2-3,11H,4H2,1H3. The van der Waals surface area contributed by atoms with Crippen molar-refractivity contribution < 1.29 is 14.4 Å². The van der Waals surface area contributed by atoms with Crippen LogP contribution in [0.2, 0.25) is 0 Å². The second-order valence-electron chi connectivity index (χ2n) is 2.59. The summed E-state index contributed by atoms with van der Waals surface area (Å²) in [4.78, 5) is 9.80. The van der Waals surface area contributed by atoms with Crippen LogP contribution < -0.4 is 0 Å². The summed E-state index contributed by atoms with van der Waals surface area (Å²) < 4.78 is 12.9. The van der Waals surface area contributed by atoms with Crippen LogP contribution in [0.3, 0.4) is 0 Å². The fourth-order valence-electron chi connectivity index (χ4n) is 1.10. The summed E-state index contributed by atoms with van der Waals surface area (Å²) in [5.74, 6) is -0.620. The van der Waals surface area contributed by atoms with E-state index < -0.39 is 17.3 Å². The zero-order chi connectivity index (χ0) is 10.0. The molecule has 0 aliphatic carbocycles. The molecule has 1 aromatic carbocycles. The normalized spacial score (nSPS) is 10.1. The van der Waals surface area contributed by atoms with Crippen molar-refractivity contribution in [2.24, 2.45) is 0 Å². The smallest absolute Gasteiger partial charge is 0.272 e. The summed E-state index contributed by atoms with van der Waals surface area (Å²) in [7, 11) is 0. The maximum atomic E-state index is 12.9. The van der Waals surface area contributed by atoms with Crippen LogP contribution >= 0.6 is 0 Å². The van der Waals surface area contributed by atoms with Crippen molar-refractivity contribution in [3.63, 3.8) is 0 Å². The van der Waals surface area contributed by atoms with E-state index in [4.69, 9.17) is 5.11 Å². The van der Waals surface area contributed by atoms with Crippen molar-refractivity contribution in [3.05, 3.63) is 39.2 Å². The summed E-state index contributed by atoms with van der Waals surface area (Å²) in [6.45, 7) is 0.881. The third kappa shape index (κ3) is 1.65. The number of nitrogens with zero attached hydrogens (tertiary/aromatic N) is 1. The molecule has 4 nitrogen and oxygen atoms in total. The summed E-state index contributed by atoms with van der Waals surface area (Å²) >= 11 is 0. The number of nitro groups is 1. The zero-order valence-electron chi connectivity index (χ0n) is 6.95. The van der Waals surface area contributed by atoms with Crippen LogP contribution in [0.25, 0.3) is 0 Å². The highest BCUT2D eigenvalue weighted by Crippen LogP contribution is 2.23. The molecule has 0 unspecified atom stereocenters. The fourth-order valence-corrected chi connectivity index (χ4v) is 1.10. The number of benzene rings is 1. The Hall–Kier alpha value is -1.49. The molecule has 13 heavy (non-hydrogen) atoms. The molecule has 1 rings (SSSR count). The van der Waals surface area contributed by atoms with Crippen LogP contribution in [0.15, 0.2) is 12.1 Å². The molecule has 0 bridgehead atoms. The Morgan fingerprint density at radius 1 is 1.62 bits per heavy atom. The van der Waals surface area contributed by atoms with Crippen molar-refractivity contribution in [3.8, 4) is 0 Å². The Kier molecular flexibility index (Phi) is 2.57. The van der Waals surface area contributed by atoms with Gasteiger partial charge in [-0.05, 0) is 13.0 Å². The quantitative estimate of drug-likeness (QED) is 0.561. The number of hydrogen-bond acceptors (Lipinski definition) is 3. The predicted octanol–water partition coefficient (Wildman–Crippen LogP) is 1.53. The van der Waals surface area contributed by atoms with Gasteiger partial charge in [0.05, 0.1) is 11.5 Å². The van der Waals surface area contributed by atoms with E-state index in [-0.39, 0.29) is 16.8 Å². The van der Waals surface area contributed by atoms with Crippen LogP contribution in [-0.4, -0.2) is 10.0 Å². The lowest BCUT2D eigenvalue weighted by atomic mass is 10.1. The van der Waals surface area contributed by atoms with Crippen LogP contribution in [0, 0.1) is 22.9 Å². The molecule has 0 saturated heterocycles. The number of aliphatic hydroxyl groups excluding tert-OH is 1. The third-order valence-electron chi connectivity index (χ3n) is 1.87. The van der Waals surface area contributed by atoms with Gasteiger partial charge in [-0.3, -0.25) is 10.1 Å². The van der Waals surface area contributed by atoms with E-state index in [0.717, 1.165) is 12.1 Å². The molecule has 1 aromatic rings. The minimum absolute atomic E-state index is 0.0193. The van der Waals surface area contributed by atoms with Gasteiger partial charge in [0.25, 0.3) is 5.69 Å². The van der Waals surface area contributed by atoms with Crippen molar-refractivity contribution >= 4 is 5.69 Å². The maximum absolute atomic E-state index is 12.9. The number of rotatable bonds is 2. The Morgan fingerprint density at radius 2 is 2.23 bits per heavy atom. The average Bonchev–Trinajstić information content (AvgIpc) is 2.04. The summed E-state index contributed by atoms with van der Waals surface area (Å²) in [5.41, 5.74) is -0.0212. The molecule has 0 aliphatic heterocycles. The lowest BCUT2D eigenvalue weighted by molar-refractivity contribution is -0.385. The second kappa shape index (κ2) is 3.49. The summed E-state index contributed by atoms with van der Waals surface area (Å²) in [6, 6.07) is 2.07. The van der Waals surface area contributed by atoms with Gasteiger partial charge < -0.3 is 5.11 Å². The van der Waals surface area contributed by atoms with Crippen molar-refractivity contribution in [2.75, 3.05) is 0 Å². The molecule has 0 amide bonds. The number of halogens is 1. The highest BCUT2D eigenvalue weighted by Gasteiger charge is 2.16. The van der Waals surface area contributed by atoms with Gasteiger partial charge in [-0.15, -0.1) is 0 Å². The SMILES string of the molecule is Cc1c([N+](=O)[O-])ccc(F)c1CO. The minimum atomic E-state index is -0.620. The molecular weight excluding hydrogens is 177 g/mol. The molecule has 0 saturated carbocycles. The molecular formula is C8H8FNO3. The molecule has 70 valence electrons. The number of aliphatic hydroxyl groups is 1. The molecule has 1 N–H and O–H groups in total. The van der Waals surface area contributed by atoms with Crippen LogP contribution in [0.5, 0.6) is 0 Å². The van der Waals surface area contributed by atoms with E-state index in [1.807, 2.05) is 0 Å². The van der Waals surface area contributed by atoms with Gasteiger partial charge in [-0.25, -0.2) is 4.39 Å². The first-order valence-electron chi connectivity index (χ1n) is 3.61. The largest absolute Gasteiger partial charge is 0.392 e. The van der Waals surface area contributed by atoms with Crippen LogP contribution in [0.4, 0.5) is 10.1 Å². The first-order chi connectivity index (χ1) is 6.07. The van der Waals surface area contributed by atoms with Crippen molar-refractivity contribution in [1.29, 1.82) is 0 Å². The molecule has 0 atom stereocenters. The summed E-state index contributed by atoms with van der Waals surface area (Å²) in [6.07, 6.45) is 0. The zero-order valence-corrected chi connectivity index (χ0v) is 6.95. The molecule has 0 radical (unpaired) electrons. The predicted molar refractivity (Wildman–Crippen MR) is 43.7 cm³/mol. The highest BCUT2D eigenvalue weighted by atomic mass is 19.1. The number of hydrogen-bond donors (Lipinski definition) is 1. The Labute approximate surface area is 73.8 Å². The van der Waals surface area contributed by atoms with E-state index in [9.17, 15) is 14.5 Å². The molecule has 0 heterocycles. The van der Waals surface area contributed by atoms with E-state index in [1.54, 1.807) is 0 Å². The van der Waals surface area contributed by atoms with Crippen LogP contribution in [0.1, 0.15) is 11.1 Å². The van der Waals surface area contributed by atoms with Gasteiger partial charge in [0, 0.05) is 17.2 Å². The number of nitro benzene ring substituents is 1. The topological polar surface area (TPSA) is 63.4 Å². The van der Waals surface area contributed by atoms with Crippen molar-refractivity contribution in [1.82, 2.24) is 0 Å². The summed E-state index contributed by atoms with van der Waals surface area (Å²) in [5, 5.41) is 19.1. The monoisotopic (exact) mass is 185 g/mol. The first kappa shape index (κ1) is 9.60. The fraction of sp³-hybridized carbons (Fsp3) is 0.250. The van der Waals surface area contributed by atoms with Gasteiger partial charge in [-0.2, -0.15) is 0 Å². The first-order valence-corrected chi connectivity index (χ1v) is 3.61. The van der Waals surface area contributed by atoms with E-state index >= 15 is 0 Å². The van der Waals surface area contributed by atoms with E-state index in [2.05, 4.69) is 0 Å². The van der Waals surface area contributed by atoms with Gasteiger partial charge in [0.15, 0.2) is 0 Å². The minimum Gasteiger partial charge on any atom is -0.392 e. The molecule has 0 spiro atoms. The molecule has 5 heteroatoms. The van der Waals surface area contributed by atoms with Gasteiger partial charge >= 0.3 is 0 Å². The third-order valence-corrected chi connectivity index (χ3v) is 1.87. The average molecular weight is 185 g/mol. The Morgan fingerprint density at radius 3 is 2.69 bits per heavy atom. The van der Waals surface area contributed by atoms with Crippen LogP contribution in [-0.2, 0) is 6.61 Å². The van der Waals surface area contributed by atoms with Gasteiger partial charge in [0.1, 0.15) is 5.82 Å². The van der Waals surface area contributed by atoms with Gasteiger partial charge in [-0.1, -0.05) is 0 Å². The Bertz CT molecular complexity index is 351. The molecule has 0 aliphatic rings. The Balaban J connectivity index is 3.35. The maximum Gasteiger partial charge on any atom is 0.272 e.